The monoisotopic (exact) mass is 433 g/mol. The Kier molecular flexibility index (Phi) is 5.98. The summed E-state index contributed by atoms with van der Waals surface area (Å²) in [4.78, 5) is 12.0. The lowest BCUT2D eigenvalue weighted by Crippen LogP contribution is -2.49. The molecule has 0 amide bonds. The standard InChI is InChI=1S/C23H31N9/c1-16-8-9-19(21(12-16)32-15-26-29-30-32)27-23-25-13-17(2)22(28-23)24-14-18-6-5-11-31-10-4-3-7-20(18)31/h8-9,12-13,15,18,20H,3-7,10-11,14H2,1-2H3,(H2,24,25,27,28)/t18-,20+/m0/s1. The summed E-state index contributed by atoms with van der Waals surface area (Å²) < 4.78 is 1.64. The minimum atomic E-state index is 0.555. The number of rotatable bonds is 6. The average Bonchev–Trinajstić information content (AvgIpc) is 3.35. The van der Waals surface area contributed by atoms with Crippen molar-refractivity contribution in [2.45, 2.75) is 52.0 Å². The average molecular weight is 434 g/mol. The van der Waals surface area contributed by atoms with Crippen molar-refractivity contribution >= 4 is 17.5 Å². The molecule has 3 aromatic rings. The molecule has 1 aromatic carbocycles. The van der Waals surface area contributed by atoms with Crippen molar-refractivity contribution in [1.29, 1.82) is 0 Å². The largest absolute Gasteiger partial charge is 0.369 e. The summed E-state index contributed by atoms with van der Waals surface area (Å²) >= 11 is 0. The van der Waals surface area contributed by atoms with Crippen molar-refractivity contribution in [1.82, 2.24) is 35.1 Å². The van der Waals surface area contributed by atoms with Gasteiger partial charge in [-0.25, -0.2) is 4.98 Å². The van der Waals surface area contributed by atoms with Gasteiger partial charge in [-0.15, -0.1) is 5.10 Å². The summed E-state index contributed by atoms with van der Waals surface area (Å²) in [5.41, 5.74) is 3.88. The number of fused-ring (bicyclic) bond motifs is 1. The highest BCUT2D eigenvalue weighted by atomic mass is 15.5. The van der Waals surface area contributed by atoms with Crippen LogP contribution < -0.4 is 10.6 Å². The van der Waals surface area contributed by atoms with Crippen LogP contribution >= 0.6 is 0 Å². The van der Waals surface area contributed by atoms with Crippen molar-refractivity contribution in [2.24, 2.45) is 5.92 Å². The van der Waals surface area contributed by atoms with E-state index in [-0.39, 0.29) is 0 Å². The summed E-state index contributed by atoms with van der Waals surface area (Å²) in [7, 11) is 0. The van der Waals surface area contributed by atoms with E-state index in [4.69, 9.17) is 4.98 Å². The smallest absolute Gasteiger partial charge is 0.229 e. The van der Waals surface area contributed by atoms with Crippen molar-refractivity contribution in [3.05, 3.63) is 41.9 Å². The molecule has 0 saturated carbocycles. The lowest BCUT2D eigenvalue weighted by atomic mass is 9.83. The fraction of sp³-hybridized carbons (Fsp3) is 0.522. The summed E-state index contributed by atoms with van der Waals surface area (Å²) in [6.45, 7) is 7.59. The molecule has 2 aliphatic rings. The van der Waals surface area contributed by atoms with Crippen molar-refractivity contribution in [3.8, 4) is 5.69 Å². The van der Waals surface area contributed by atoms with Gasteiger partial charge in [-0.1, -0.05) is 12.5 Å². The van der Waals surface area contributed by atoms with E-state index in [1.807, 2.05) is 31.3 Å². The molecule has 2 aromatic heterocycles. The number of aryl methyl sites for hydroxylation is 2. The van der Waals surface area contributed by atoms with E-state index >= 15 is 0 Å². The van der Waals surface area contributed by atoms with Gasteiger partial charge >= 0.3 is 0 Å². The van der Waals surface area contributed by atoms with Gasteiger partial charge in [0.15, 0.2) is 0 Å². The number of aromatic nitrogens is 6. The summed E-state index contributed by atoms with van der Waals surface area (Å²) in [5, 5.41) is 18.5. The quantitative estimate of drug-likeness (QED) is 0.610. The van der Waals surface area contributed by atoms with Gasteiger partial charge in [0.05, 0.1) is 11.4 Å². The number of hydrogen-bond acceptors (Lipinski definition) is 8. The predicted octanol–water partition coefficient (Wildman–Crippen LogP) is 3.49. The molecule has 0 unspecified atom stereocenters. The number of piperidine rings is 2. The van der Waals surface area contributed by atoms with Crippen LogP contribution in [0.1, 0.15) is 43.2 Å². The predicted molar refractivity (Wildman–Crippen MR) is 124 cm³/mol. The Hall–Kier alpha value is -3.07. The molecule has 0 radical (unpaired) electrons. The maximum absolute atomic E-state index is 4.79. The Morgan fingerprint density at radius 1 is 1.09 bits per heavy atom. The first-order valence-corrected chi connectivity index (χ1v) is 11.6. The lowest BCUT2D eigenvalue weighted by molar-refractivity contribution is 0.0649. The van der Waals surface area contributed by atoms with E-state index in [0.29, 0.717) is 11.9 Å². The van der Waals surface area contributed by atoms with Crippen LogP contribution in [0.2, 0.25) is 0 Å². The second kappa shape index (κ2) is 9.20. The molecule has 32 heavy (non-hydrogen) atoms. The van der Waals surface area contributed by atoms with Crippen LogP contribution in [-0.2, 0) is 0 Å². The molecule has 168 valence electrons. The normalized spacial score (nSPS) is 21.2. The Morgan fingerprint density at radius 3 is 2.88 bits per heavy atom. The molecule has 2 aliphatic heterocycles. The Morgan fingerprint density at radius 2 is 2.00 bits per heavy atom. The van der Waals surface area contributed by atoms with Gasteiger partial charge in [0.2, 0.25) is 5.95 Å². The molecule has 0 aliphatic carbocycles. The van der Waals surface area contributed by atoms with Crippen LogP contribution in [0.3, 0.4) is 0 Å². The fourth-order valence-corrected chi connectivity index (χ4v) is 5.05. The van der Waals surface area contributed by atoms with Gasteiger partial charge in [-0.3, -0.25) is 0 Å². The van der Waals surface area contributed by atoms with E-state index < -0.39 is 0 Å². The highest BCUT2D eigenvalue weighted by Gasteiger charge is 2.32. The molecular weight excluding hydrogens is 402 g/mol. The van der Waals surface area contributed by atoms with Crippen molar-refractivity contribution < 1.29 is 0 Å². The van der Waals surface area contributed by atoms with E-state index in [2.05, 4.69) is 43.0 Å². The Bertz CT molecular complexity index is 1050. The Labute approximate surface area is 188 Å². The maximum atomic E-state index is 4.79. The molecule has 2 atom stereocenters. The second-order valence-corrected chi connectivity index (χ2v) is 9.01. The molecule has 4 heterocycles. The van der Waals surface area contributed by atoms with Crippen LogP contribution in [-0.4, -0.2) is 60.8 Å². The molecule has 9 heteroatoms. The summed E-state index contributed by atoms with van der Waals surface area (Å²) in [5.74, 6) is 2.13. The third-order valence-electron chi connectivity index (χ3n) is 6.73. The molecular formula is C23H31N9. The van der Waals surface area contributed by atoms with Crippen molar-refractivity contribution in [2.75, 3.05) is 30.3 Å². The summed E-state index contributed by atoms with van der Waals surface area (Å²) in [6.07, 6.45) is 10.1. The van der Waals surface area contributed by atoms with Gasteiger partial charge in [-0.2, -0.15) is 9.67 Å². The zero-order valence-corrected chi connectivity index (χ0v) is 18.8. The number of tetrazole rings is 1. The highest BCUT2D eigenvalue weighted by molar-refractivity contribution is 5.67. The zero-order chi connectivity index (χ0) is 21.9. The highest BCUT2D eigenvalue weighted by Crippen LogP contribution is 2.31. The van der Waals surface area contributed by atoms with Gasteiger partial charge < -0.3 is 15.5 Å². The molecule has 5 rings (SSSR count). The van der Waals surface area contributed by atoms with Crippen LogP contribution in [0.15, 0.2) is 30.7 Å². The number of benzene rings is 1. The number of hydrogen-bond donors (Lipinski definition) is 2. The van der Waals surface area contributed by atoms with E-state index in [1.54, 1.807) is 11.0 Å². The molecule has 0 spiro atoms. The first-order chi connectivity index (χ1) is 15.7. The molecule has 9 nitrogen and oxygen atoms in total. The van der Waals surface area contributed by atoms with Crippen LogP contribution in [0, 0.1) is 19.8 Å². The first-order valence-electron chi connectivity index (χ1n) is 11.6. The number of nitrogens with one attached hydrogen (secondary N) is 2. The van der Waals surface area contributed by atoms with E-state index in [9.17, 15) is 0 Å². The fourth-order valence-electron chi connectivity index (χ4n) is 5.05. The molecule has 2 saturated heterocycles. The number of nitrogens with zero attached hydrogens (tertiary/aromatic N) is 7. The number of anilines is 3. The van der Waals surface area contributed by atoms with Gasteiger partial charge in [0.25, 0.3) is 0 Å². The third kappa shape index (κ3) is 4.43. The third-order valence-corrected chi connectivity index (χ3v) is 6.73. The van der Waals surface area contributed by atoms with Crippen LogP contribution in [0.5, 0.6) is 0 Å². The SMILES string of the molecule is Cc1ccc(Nc2ncc(C)c(NC[C@@H]3CCCN4CCCC[C@H]34)n2)c(-n2cnnn2)c1. The molecule has 2 N–H and O–H groups in total. The molecule has 0 bridgehead atoms. The van der Waals surface area contributed by atoms with E-state index in [0.717, 1.165) is 40.9 Å². The minimum absolute atomic E-state index is 0.555. The van der Waals surface area contributed by atoms with Gasteiger partial charge in [0, 0.05) is 24.3 Å². The minimum Gasteiger partial charge on any atom is -0.369 e. The lowest BCUT2D eigenvalue weighted by Gasteiger charge is -2.44. The van der Waals surface area contributed by atoms with E-state index in [1.165, 1.54) is 45.2 Å². The van der Waals surface area contributed by atoms with Crippen molar-refractivity contribution in [3.63, 3.8) is 0 Å². The molecule has 2 fully saturated rings. The Balaban J connectivity index is 1.32. The maximum Gasteiger partial charge on any atom is 0.229 e. The van der Waals surface area contributed by atoms with Gasteiger partial charge in [-0.05, 0) is 86.7 Å². The first kappa shape index (κ1) is 20.8. The summed E-state index contributed by atoms with van der Waals surface area (Å²) in [6, 6.07) is 6.80. The topological polar surface area (TPSA) is 96.7 Å². The zero-order valence-electron chi connectivity index (χ0n) is 18.8. The van der Waals surface area contributed by atoms with Crippen LogP contribution in [0.25, 0.3) is 5.69 Å². The van der Waals surface area contributed by atoms with Gasteiger partial charge in [0.1, 0.15) is 12.1 Å². The van der Waals surface area contributed by atoms with Crippen LogP contribution in [0.4, 0.5) is 17.5 Å². The second-order valence-electron chi connectivity index (χ2n) is 9.01.